The molecule has 4 rings (SSSR count). The van der Waals surface area contributed by atoms with E-state index >= 15 is 0 Å². The number of hydrogen-bond donors (Lipinski definition) is 2. The number of carbonyl (C=O) groups excluding carboxylic acids is 4. The summed E-state index contributed by atoms with van der Waals surface area (Å²) in [5, 5.41) is 2.98. The Morgan fingerprint density at radius 3 is 2.59 bits per heavy atom. The standard InChI is InChI=1S/C19H15N3O5/c23-16-10-22(19(26)20-16)21-17(24)12-6-7-14-13(8-12)9-15(27-18(14)25)11-4-2-1-3-5-11/h1-8,15H,9-10H2,(H,21,24)(H,20,23,26). The SMILES string of the molecule is O=C1CN(NC(=O)c2ccc3c(c2)CC(c2ccccc2)OC3=O)C(=O)N1. The number of esters is 1. The van der Waals surface area contributed by atoms with E-state index in [1.807, 2.05) is 30.3 Å². The van der Waals surface area contributed by atoms with E-state index in [2.05, 4.69) is 10.7 Å². The van der Waals surface area contributed by atoms with Crippen LogP contribution in [0.3, 0.4) is 0 Å². The van der Waals surface area contributed by atoms with Gasteiger partial charge in [-0.15, -0.1) is 0 Å². The maximum Gasteiger partial charge on any atom is 0.343 e. The Balaban J connectivity index is 1.56. The van der Waals surface area contributed by atoms with Gasteiger partial charge in [0.15, 0.2) is 0 Å². The first-order chi connectivity index (χ1) is 13.0. The maximum absolute atomic E-state index is 12.4. The molecule has 0 bridgehead atoms. The van der Waals surface area contributed by atoms with Crippen LogP contribution in [0.5, 0.6) is 0 Å². The molecule has 1 saturated heterocycles. The van der Waals surface area contributed by atoms with Crippen molar-refractivity contribution in [3.63, 3.8) is 0 Å². The summed E-state index contributed by atoms with van der Waals surface area (Å²) in [6.45, 7) is -0.238. The molecule has 2 heterocycles. The highest BCUT2D eigenvalue weighted by molar-refractivity contribution is 6.04. The van der Waals surface area contributed by atoms with E-state index in [0.29, 0.717) is 17.5 Å². The van der Waals surface area contributed by atoms with Crippen LogP contribution in [0.4, 0.5) is 4.79 Å². The van der Waals surface area contributed by atoms with Crippen molar-refractivity contribution in [2.45, 2.75) is 12.5 Å². The number of nitrogens with one attached hydrogen (secondary N) is 2. The fourth-order valence-corrected chi connectivity index (χ4v) is 3.11. The van der Waals surface area contributed by atoms with Crippen LogP contribution >= 0.6 is 0 Å². The van der Waals surface area contributed by atoms with Gasteiger partial charge in [0.05, 0.1) is 5.56 Å². The number of fused-ring (bicyclic) bond motifs is 1. The first-order valence-corrected chi connectivity index (χ1v) is 8.32. The predicted octanol–water partition coefficient (Wildman–Crippen LogP) is 1.34. The lowest BCUT2D eigenvalue weighted by Crippen LogP contribution is -2.44. The molecule has 0 saturated carbocycles. The number of amides is 4. The predicted molar refractivity (Wildman–Crippen MR) is 92.5 cm³/mol. The zero-order valence-corrected chi connectivity index (χ0v) is 14.1. The van der Waals surface area contributed by atoms with Crippen molar-refractivity contribution < 1.29 is 23.9 Å². The minimum absolute atomic E-state index is 0.238. The molecule has 2 aliphatic rings. The highest BCUT2D eigenvalue weighted by Crippen LogP contribution is 2.31. The van der Waals surface area contributed by atoms with Gasteiger partial charge in [0, 0.05) is 12.0 Å². The minimum Gasteiger partial charge on any atom is -0.454 e. The monoisotopic (exact) mass is 365 g/mol. The second-order valence-electron chi connectivity index (χ2n) is 6.26. The first kappa shape index (κ1) is 16.8. The Hall–Kier alpha value is -3.68. The molecule has 2 N–H and O–H groups in total. The van der Waals surface area contributed by atoms with Gasteiger partial charge in [0.2, 0.25) is 5.91 Å². The molecule has 27 heavy (non-hydrogen) atoms. The fraction of sp³-hybridized carbons (Fsp3) is 0.158. The van der Waals surface area contributed by atoms with Gasteiger partial charge in [0.25, 0.3) is 5.91 Å². The molecule has 0 spiro atoms. The Kier molecular flexibility index (Phi) is 4.08. The molecule has 0 aliphatic carbocycles. The molecular weight excluding hydrogens is 350 g/mol. The topological polar surface area (TPSA) is 105 Å². The largest absolute Gasteiger partial charge is 0.454 e. The number of hydrogen-bond acceptors (Lipinski definition) is 5. The van der Waals surface area contributed by atoms with Gasteiger partial charge in [-0.3, -0.25) is 20.3 Å². The van der Waals surface area contributed by atoms with Crippen molar-refractivity contribution >= 4 is 23.8 Å². The summed E-state index contributed by atoms with van der Waals surface area (Å²) in [5.74, 6) is -1.47. The van der Waals surface area contributed by atoms with Gasteiger partial charge in [-0.05, 0) is 29.3 Å². The van der Waals surface area contributed by atoms with Crippen LogP contribution in [0.2, 0.25) is 0 Å². The summed E-state index contributed by atoms with van der Waals surface area (Å²) >= 11 is 0. The number of benzene rings is 2. The highest BCUT2D eigenvalue weighted by Gasteiger charge is 2.30. The lowest BCUT2D eigenvalue weighted by molar-refractivity contribution is -0.118. The zero-order valence-electron chi connectivity index (χ0n) is 14.1. The summed E-state index contributed by atoms with van der Waals surface area (Å²) in [5.41, 5.74) is 4.63. The van der Waals surface area contributed by atoms with Crippen LogP contribution in [-0.4, -0.2) is 35.4 Å². The van der Waals surface area contributed by atoms with Gasteiger partial charge in [0.1, 0.15) is 12.6 Å². The number of hydrazine groups is 1. The van der Waals surface area contributed by atoms with E-state index in [4.69, 9.17) is 4.74 Å². The van der Waals surface area contributed by atoms with E-state index < -0.39 is 29.9 Å². The molecule has 8 heteroatoms. The summed E-state index contributed by atoms with van der Waals surface area (Å²) < 4.78 is 5.49. The van der Waals surface area contributed by atoms with E-state index in [1.165, 1.54) is 12.1 Å². The van der Waals surface area contributed by atoms with Crippen molar-refractivity contribution in [2.24, 2.45) is 0 Å². The number of rotatable bonds is 3. The lowest BCUT2D eigenvalue weighted by atomic mass is 9.93. The van der Waals surface area contributed by atoms with Gasteiger partial charge in [-0.2, -0.15) is 0 Å². The summed E-state index contributed by atoms with van der Waals surface area (Å²) in [7, 11) is 0. The van der Waals surface area contributed by atoms with Crippen molar-refractivity contribution in [1.82, 2.24) is 15.8 Å². The quantitative estimate of drug-likeness (QED) is 0.631. The third-order valence-corrected chi connectivity index (χ3v) is 4.44. The van der Waals surface area contributed by atoms with Crippen molar-refractivity contribution in [3.05, 3.63) is 70.8 Å². The molecule has 136 valence electrons. The van der Waals surface area contributed by atoms with Crippen LogP contribution < -0.4 is 10.7 Å². The Morgan fingerprint density at radius 1 is 1.11 bits per heavy atom. The number of cyclic esters (lactones) is 1. The van der Waals surface area contributed by atoms with Crippen LogP contribution in [0.1, 0.15) is 37.9 Å². The molecule has 2 aromatic rings. The molecule has 1 atom stereocenters. The molecule has 1 fully saturated rings. The lowest BCUT2D eigenvalue weighted by Gasteiger charge is -2.25. The molecular formula is C19H15N3O5. The maximum atomic E-state index is 12.4. The number of ether oxygens (including phenoxy) is 1. The molecule has 8 nitrogen and oxygen atoms in total. The summed E-state index contributed by atoms with van der Waals surface area (Å²) in [4.78, 5) is 47.4. The number of carbonyl (C=O) groups is 4. The average Bonchev–Trinajstić information content (AvgIpc) is 2.98. The molecule has 4 amide bonds. The van der Waals surface area contributed by atoms with Crippen LogP contribution in [-0.2, 0) is 16.0 Å². The van der Waals surface area contributed by atoms with E-state index in [-0.39, 0.29) is 12.1 Å². The summed E-state index contributed by atoms with van der Waals surface area (Å²) in [6.07, 6.45) is 0.0148. The Bertz CT molecular complexity index is 957. The minimum atomic E-state index is -0.681. The third-order valence-electron chi connectivity index (χ3n) is 4.44. The molecule has 0 radical (unpaired) electrons. The van der Waals surface area contributed by atoms with Crippen molar-refractivity contribution in [2.75, 3.05) is 6.54 Å². The van der Waals surface area contributed by atoms with Gasteiger partial charge < -0.3 is 4.74 Å². The normalized spacial score (nSPS) is 18.6. The Morgan fingerprint density at radius 2 is 1.89 bits per heavy atom. The Labute approximate surface area is 154 Å². The van der Waals surface area contributed by atoms with Crippen molar-refractivity contribution in [1.29, 1.82) is 0 Å². The average molecular weight is 365 g/mol. The van der Waals surface area contributed by atoms with Crippen LogP contribution in [0, 0.1) is 0 Å². The first-order valence-electron chi connectivity index (χ1n) is 8.32. The molecule has 1 unspecified atom stereocenters. The third kappa shape index (κ3) is 3.24. The zero-order chi connectivity index (χ0) is 19.0. The number of nitrogens with zero attached hydrogens (tertiary/aromatic N) is 1. The second kappa shape index (κ2) is 6.56. The van der Waals surface area contributed by atoms with E-state index in [1.54, 1.807) is 6.07 Å². The van der Waals surface area contributed by atoms with Crippen LogP contribution in [0.25, 0.3) is 0 Å². The van der Waals surface area contributed by atoms with Crippen molar-refractivity contribution in [3.8, 4) is 0 Å². The van der Waals surface area contributed by atoms with Gasteiger partial charge in [-0.25, -0.2) is 14.6 Å². The smallest absolute Gasteiger partial charge is 0.343 e. The molecule has 2 aliphatic heterocycles. The van der Waals surface area contributed by atoms with Gasteiger partial charge >= 0.3 is 12.0 Å². The van der Waals surface area contributed by atoms with Crippen LogP contribution in [0.15, 0.2) is 48.5 Å². The van der Waals surface area contributed by atoms with E-state index in [9.17, 15) is 19.2 Å². The number of urea groups is 1. The number of imide groups is 1. The summed E-state index contributed by atoms with van der Waals surface area (Å²) in [6, 6.07) is 13.3. The van der Waals surface area contributed by atoms with E-state index in [0.717, 1.165) is 10.6 Å². The molecule has 0 aromatic heterocycles. The highest BCUT2D eigenvalue weighted by atomic mass is 16.5. The van der Waals surface area contributed by atoms with Gasteiger partial charge in [-0.1, -0.05) is 30.3 Å². The molecule has 2 aromatic carbocycles. The second-order valence-corrected chi connectivity index (χ2v) is 6.26. The fourth-order valence-electron chi connectivity index (χ4n) is 3.11.